The Morgan fingerprint density at radius 3 is 2.58 bits per heavy atom. The fraction of sp³-hybridized carbons (Fsp3) is 0.323. The van der Waals surface area contributed by atoms with Gasteiger partial charge in [-0.05, 0) is 42.2 Å². The highest BCUT2D eigenvalue weighted by atomic mass is 32.2. The largest absolute Gasteiger partial charge is 0.460 e. The normalized spacial score (nSPS) is 14.3. The maximum absolute atomic E-state index is 12.7. The summed E-state index contributed by atoms with van der Waals surface area (Å²) in [5.41, 5.74) is 2.80. The molecule has 2 aromatic heterocycles. The lowest BCUT2D eigenvalue weighted by atomic mass is 9.95. The van der Waals surface area contributed by atoms with Crippen LogP contribution < -0.4 is 0 Å². The van der Waals surface area contributed by atoms with Gasteiger partial charge < -0.3 is 13.7 Å². The molecule has 0 radical (unpaired) electrons. The first-order valence-corrected chi connectivity index (χ1v) is 14.4. The van der Waals surface area contributed by atoms with Crippen LogP contribution in [0.4, 0.5) is 0 Å². The predicted octanol–water partition coefficient (Wildman–Crippen LogP) is 7.74. The number of aromatic nitrogens is 3. The zero-order valence-corrected chi connectivity index (χ0v) is 22.4. The van der Waals surface area contributed by atoms with Crippen LogP contribution in [0.3, 0.4) is 0 Å². The molecule has 1 fully saturated rings. The number of thioether (sulfide) groups is 1. The molecule has 0 spiro atoms. The van der Waals surface area contributed by atoms with Crippen molar-refractivity contribution < 1.29 is 13.9 Å². The first-order valence-electron chi connectivity index (χ1n) is 13.4. The first kappa shape index (κ1) is 24.7. The average molecular weight is 526 g/mol. The van der Waals surface area contributed by atoms with E-state index in [4.69, 9.17) is 14.3 Å². The summed E-state index contributed by atoms with van der Waals surface area (Å²) < 4.78 is 13.6. The van der Waals surface area contributed by atoms with Crippen molar-refractivity contribution in [3.05, 3.63) is 89.4 Å². The number of furan rings is 1. The molecule has 1 aliphatic carbocycles. The van der Waals surface area contributed by atoms with E-state index in [2.05, 4.69) is 52.1 Å². The highest BCUT2D eigenvalue weighted by Crippen LogP contribution is 2.37. The minimum Gasteiger partial charge on any atom is -0.460 e. The zero-order chi connectivity index (χ0) is 25.9. The second kappa shape index (κ2) is 11.0. The van der Waals surface area contributed by atoms with Gasteiger partial charge >= 0.3 is 5.97 Å². The fourth-order valence-corrected chi connectivity index (χ4v) is 6.64. The van der Waals surface area contributed by atoms with Gasteiger partial charge in [0.05, 0.1) is 6.61 Å². The van der Waals surface area contributed by atoms with Crippen molar-refractivity contribution in [2.45, 2.75) is 62.4 Å². The third-order valence-electron chi connectivity index (χ3n) is 7.41. The summed E-state index contributed by atoms with van der Waals surface area (Å²) in [5, 5.41) is 13.7. The molecule has 194 valence electrons. The van der Waals surface area contributed by atoms with Gasteiger partial charge in [-0.2, -0.15) is 0 Å². The summed E-state index contributed by atoms with van der Waals surface area (Å²) in [6, 6.07) is 23.1. The summed E-state index contributed by atoms with van der Waals surface area (Å²) in [5.74, 6) is 1.40. The maximum atomic E-state index is 12.7. The first-order chi connectivity index (χ1) is 18.7. The molecule has 0 aliphatic heterocycles. The molecule has 1 aliphatic rings. The van der Waals surface area contributed by atoms with Gasteiger partial charge in [0, 0.05) is 29.2 Å². The Morgan fingerprint density at radius 2 is 1.74 bits per heavy atom. The van der Waals surface area contributed by atoms with Crippen molar-refractivity contribution >= 4 is 39.5 Å². The van der Waals surface area contributed by atoms with Crippen LogP contribution in [0.25, 0.3) is 21.7 Å². The third kappa shape index (κ3) is 4.83. The lowest BCUT2D eigenvalue weighted by Gasteiger charge is -2.25. The SMILES string of the molecule is CCOC(=O)c1oc2ccccc2c1CSc1nnc(Cc2cccc3ccccc23)n1C1CCCCC1. The number of carbonyl (C=O) groups excluding carboxylic acids is 1. The van der Waals surface area contributed by atoms with Gasteiger partial charge in [0.2, 0.25) is 5.76 Å². The highest BCUT2D eigenvalue weighted by molar-refractivity contribution is 7.98. The summed E-state index contributed by atoms with van der Waals surface area (Å²) >= 11 is 1.62. The van der Waals surface area contributed by atoms with Crippen molar-refractivity contribution in [3.63, 3.8) is 0 Å². The van der Waals surface area contributed by atoms with Gasteiger partial charge in [0.1, 0.15) is 11.4 Å². The lowest BCUT2D eigenvalue weighted by molar-refractivity contribution is 0.0491. The average Bonchev–Trinajstić information content (AvgIpc) is 3.54. The van der Waals surface area contributed by atoms with Crippen molar-refractivity contribution in [1.82, 2.24) is 14.8 Å². The molecule has 0 atom stereocenters. The van der Waals surface area contributed by atoms with Gasteiger partial charge in [0.25, 0.3) is 0 Å². The van der Waals surface area contributed by atoms with Gasteiger partial charge in [-0.1, -0.05) is 91.7 Å². The highest BCUT2D eigenvalue weighted by Gasteiger charge is 2.26. The van der Waals surface area contributed by atoms with Crippen molar-refractivity contribution in [2.75, 3.05) is 6.61 Å². The van der Waals surface area contributed by atoms with Gasteiger partial charge in [0.15, 0.2) is 5.16 Å². The van der Waals surface area contributed by atoms with E-state index in [0.717, 1.165) is 41.2 Å². The van der Waals surface area contributed by atoms with Crippen LogP contribution in [-0.2, 0) is 16.9 Å². The fourth-order valence-electron chi connectivity index (χ4n) is 5.59. The Bertz CT molecular complexity index is 1580. The van der Waals surface area contributed by atoms with Crippen LogP contribution in [0.1, 0.15) is 72.6 Å². The number of esters is 1. The minimum absolute atomic E-state index is 0.278. The molecule has 6 rings (SSSR count). The van der Waals surface area contributed by atoms with E-state index in [0.29, 0.717) is 24.0 Å². The summed E-state index contributed by atoms with van der Waals surface area (Å²) in [4.78, 5) is 12.7. The van der Waals surface area contributed by atoms with E-state index < -0.39 is 5.97 Å². The molecular formula is C31H31N3O3S. The van der Waals surface area contributed by atoms with Crippen LogP contribution in [0.5, 0.6) is 0 Å². The minimum atomic E-state index is -0.426. The van der Waals surface area contributed by atoms with Crippen LogP contribution in [0.15, 0.2) is 76.3 Å². The molecule has 7 heteroatoms. The van der Waals surface area contributed by atoms with Gasteiger partial charge in [-0.15, -0.1) is 10.2 Å². The van der Waals surface area contributed by atoms with Crippen molar-refractivity contribution in [3.8, 4) is 0 Å². The van der Waals surface area contributed by atoms with Crippen LogP contribution in [0.2, 0.25) is 0 Å². The second-order valence-electron chi connectivity index (χ2n) is 9.79. The maximum Gasteiger partial charge on any atom is 0.374 e. The topological polar surface area (TPSA) is 70.2 Å². The molecule has 3 aromatic carbocycles. The molecule has 0 N–H and O–H groups in total. The monoisotopic (exact) mass is 525 g/mol. The summed E-state index contributed by atoms with van der Waals surface area (Å²) in [7, 11) is 0. The standard InChI is InChI=1S/C31H31N3O3S/c1-2-36-30(35)29-26(25-17-8-9-18-27(25)37-29)20-38-31-33-32-28(34(31)23-14-4-3-5-15-23)19-22-13-10-12-21-11-6-7-16-24(21)22/h6-13,16-18,23H,2-5,14-15,19-20H2,1H3. The predicted molar refractivity (Wildman–Crippen MR) is 151 cm³/mol. The van der Waals surface area contributed by atoms with E-state index in [1.54, 1.807) is 18.7 Å². The van der Waals surface area contributed by atoms with E-state index in [1.807, 2.05) is 24.3 Å². The molecule has 2 heterocycles. The van der Waals surface area contributed by atoms with Gasteiger partial charge in [-0.25, -0.2) is 4.79 Å². The quantitative estimate of drug-likeness (QED) is 0.152. The number of para-hydroxylation sites is 1. The van der Waals surface area contributed by atoms with E-state index in [1.165, 1.54) is 35.6 Å². The number of ether oxygens (including phenoxy) is 1. The molecule has 0 bridgehead atoms. The number of rotatable bonds is 8. The van der Waals surface area contributed by atoms with Crippen molar-refractivity contribution in [1.29, 1.82) is 0 Å². The Labute approximate surface area is 226 Å². The molecule has 38 heavy (non-hydrogen) atoms. The third-order valence-corrected chi connectivity index (χ3v) is 8.38. The molecule has 0 amide bonds. The Kier molecular flexibility index (Phi) is 7.18. The molecule has 6 nitrogen and oxygen atoms in total. The number of fused-ring (bicyclic) bond motifs is 2. The summed E-state index contributed by atoms with van der Waals surface area (Å²) in [6.07, 6.45) is 6.73. The lowest BCUT2D eigenvalue weighted by Crippen LogP contribution is -2.17. The Hall–Kier alpha value is -3.58. The van der Waals surface area contributed by atoms with Crippen LogP contribution in [0, 0.1) is 0 Å². The number of benzene rings is 3. The van der Waals surface area contributed by atoms with E-state index >= 15 is 0 Å². The molecular weight excluding hydrogens is 494 g/mol. The molecule has 0 saturated heterocycles. The number of hydrogen-bond donors (Lipinski definition) is 0. The number of nitrogens with zero attached hydrogens (tertiary/aromatic N) is 3. The van der Waals surface area contributed by atoms with Crippen LogP contribution >= 0.6 is 11.8 Å². The Balaban J connectivity index is 1.35. The second-order valence-corrected chi connectivity index (χ2v) is 10.7. The van der Waals surface area contributed by atoms with E-state index in [9.17, 15) is 4.79 Å². The smallest absolute Gasteiger partial charge is 0.374 e. The Morgan fingerprint density at radius 1 is 0.974 bits per heavy atom. The molecule has 1 saturated carbocycles. The van der Waals surface area contributed by atoms with Gasteiger partial charge in [-0.3, -0.25) is 0 Å². The summed E-state index contributed by atoms with van der Waals surface area (Å²) in [6.45, 7) is 2.11. The zero-order valence-electron chi connectivity index (χ0n) is 21.6. The van der Waals surface area contributed by atoms with E-state index in [-0.39, 0.29) is 5.76 Å². The molecule has 5 aromatic rings. The number of carbonyl (C=O) groups is 1. The molecule has 0 unspecified atom stereocenters. The van der Waals surface area contributed by atoms with Crippen LogP contribution in [-0.4, -0.2) is 27.3 Å². The van der Waals surface area contributed by atoms with Crippen molar-refractivity contribution in [2.24, 2.45) is 0 Å². The number of hydrogen-bond acceptors (Lipinski definition) is 6.